The molecule has 4 aliphatic carbocycles. The minimum Gasteiger partial charge on any atom is -0.323 e. The van der Waals surface area contributed by atoms with Crippen molar-refractivity contribution in [2.75, 3.05) is 0 Å². The van der Waals surface area contributed by atoms with Crippen LogP contribution in [-0.2, 0) is 0 Å². The van der Waals surface area contributed by atoms with Crippen molar-refractivity contribution < 1.29 is 0 Å². The number of benzene rings is 1. The van der Waals surface area contributed by atoms with Gasteiger partial charge in [0.05, 0.1) is 0 Å². The van der Waals surface area contributed by atoms with Crippen LogP contribution in [0.1, 0.15) is 64.0 Å². The van der Waals surface area contributed by atoms with Crippen LogP contribution in [0, 0.1) is 22.2 Å². The van der Waals surface area contributed by atoms with Crippen molar-refractivity contribution in [2.45, 2.75) is 58.4 Å². The molecule has 2 heteroatoms. The van der Waals surface area contributed by atoms with E-state index in [4.69, 9.17) is 5.73 Å². The molecule has 114 valence electrons. The number of rotatable bonds is 2. The van der Waals surface area contributed by atoms with Crippen LogP contribution < -0.4 is 5.73 Å². The van der Waals surface area contributed by atoms with Crippen LogP contribution in [0.2, 0.25) is 0 Å². The van der Waals surface area contributed by atoms with Crippen LogP contribution in [0.4, 0.5) is 0 Å². The Labute approximate surface area is 136 Å². The van der Waals surface area contributed by atoms with E-state index in [1.807, 2.05) is 0 Å². The van der Waals surface area contributed by atoms with Crippen molar-refractivity contribution in [1.29, 1.82) is 0 Å². The summed E-state index contributed by atoms with van der Waals surface area (Å²) >= 11 is 3.53. The maximum Gasteiger partial charge on any atom is 0.0352 e. The van der Waals surface area contributed by atoms with Crippen LogP contribution in [-0.4, -0.2) is 0 Å². The van der Waals surface area contributed by atoms with E-state index in [9.17, 15) is 0 Å². The van der Waals surface area contributed by atoms with Crippen LogP contribution in [0.3, 0.4) is 0 Å². The molecule has 0 amide bonds. The Morgan fingerprint density at radius 2 is 1.57 bits per heavy atom. The van der Waals surface area contributed by atoms with Gasteiger partial charge < -0.3 is 5.73 Å². The lowest BCUT2D eigenvalue weighted by atomic mass is 9.39. The van der Waals surface area contributed by atoms with Crippen LogP contribution in [0.25, 0.3) is 0 Å². The third kappa shape index (κ3) is 2.21. The molecule has 0 spiro atoms. The van der Waals surface area contributed by atoms with Crippen molar-refractivity contribution in [3.05, 3.63) is 34.3 Å². The molecule has 0 aliphatic heterocycles. The fourth-order valence-electron chi connectivity index (χ4n) is 6.91. The summed E-state index contributed by atoms with van der Waals surface area (Å²) < 4.78 is 1.14. The normalized spacial score (nSPS) is 45.8. The zero-order valence-electron chi connectivity index (χ0n) is 13.2. The molecule has 0 radical (unpaired) electrons. The molecule has 1 aromatic carbocycles. The third-order valence-corrected chi connectivity index (χ3v) is 7.09. The van der Waals surface area contributed by atoms with Gasteiger partial charge in [-0.2, -0.15) is 0 Å². The molecule has 4 aliphatic rings. The van der Waals surface area contributed by atoms with Gasteiger partial charge in [-0.1, -0.05) is 41.9 Å². The highest BCUT2D eigenvalue weighted by atomic mass is 79.9. The summed E-state index contributed by atoms with van der Waals surface area (Å²) in [4.78, 5) is 0. The Balaban J connectivity index is 1.72. The maximum absolute atomic E-state index is 6.85. The van der Waals surface area contributed by atoms with Gasteiger partial charge in [0.1, 0.15) is 0 Å². The molecule has 4 saturated carbocycles. The van der Waals surface area contributed by atoms with Gasteiger partial charge in [0, 0.05) is 10.5 Å². The minimum atomic E-state index is 0.202. The largest absolute Gasteiger partial charge is 0.323 e. The average Bonchev–Trinajstić information content (AvgIpc) is 2.34. The van der Waals surface area contributed by atoms with E-state index in [-0.39, 0.29) is 6.04 Å². The lowest BCUT2D eigenvalue weighted by molar-refractivity contribution is -0.154. The lowest BCUT2D eigenvalue weighted by Crippen LogP contribution is -2.58. The molecule has 0 saturated heterocycles. The highest BCUT2D eigenvalue weighted by Crippen LogP contribution is 2.71. The highest BCUT2D eigenvalue weighted by molar-refractivity contribution is 9.10. The second kappa shape index (κ2) is 4.35. The zero-order chi connectivity index (χ0) is 14.9. The SMILES string of the molecule is CC12CC3CC(C)(C1)CC(C(N)c1ccc(Br)cc1)(C3)C2. The van der Waals surface area contributed by atoms with Gasteiger partial charge in [-0.25, -0.2) is 0 Å². The fourth-order valence-corrected chi connectivity index (χ4v) is 7.17. The molecule has 3 unspecified atom stereocenters. The summed E-state index contributed by atoms with van der Waals surface area (Å²) in [6.45, 7) is 5.05. The van der Waals surface area contributed by atoms with Gasteiger partial charge in [0.15, 0.2) is 0 Å². The highest BCUT2D eigenvalue weighted by Gasteiger charge is 2.61. The summed E-state index contributed by atoms with van der Waals surface area (Å²) in [6, 6.07) is 8.92. The summed E-state index contributed by atoms with van der Waals surface area (Å²) in [7, 11) is 0. The molecule has 21 heavy (non-hydrogen) atoms. The molecule has 0 aromatic heterocycles. The molecule has 4 fully saturated rings. The number of halogens is 1. The lowest BCUT2D eigenvalue weighted by Gasteiger charge is -2.67. The van der Waals surface area contributed by atoms with Gasteiger partial charge >= 0.3 is 0 Å². The number of hydrogen-bond acceptors (Lipinski definition) is 1. The van der Waals surface area contributed by atoms with Gasteiger partial charge in [-0.05, 0) is 78.4 Å². The van der Waals surface area contributed by atoms with Crippen molar-refractivity contribution in [2.24, 2.45) is 27.9 Å². The van der Waals surface area contributed by atoms with E-state index in [1.54, 1.807) is 0 Å². The summed E-state index contributed by atoms with van der Waals surface area (Å²) in [5.41, 5.74) is 9.60. The van der Waals surface area contributed by atoms with Crippen LogP contribution >= 0.6 is 15.9 Å². The summed E-state index contributed by atoms with van der Waals surface area (Å²) in [6.07, 6.45) is 8.34. The predicted molar refractivity (Wildman–Crippen MR) is 90.9 cm³/mol. The molecule has 1 nitrogen and oxygen atoms in total. The van der Waals surface area contributed by atoms with Gasteiger partial charge in [0.25, 0.3) is 0 Å². The van der Waals surface area contributed by atoms with Crippen molar-refractivity contribution >= 4 is 15.9 Å². The quantitative estimate of drug-likeness (QED) is 0.756. The molecule has 5 rings (SSSR count). The second-order valence-corrected chi connectivity index (χ2v) is 9.94. The first kappa shape index (κ1) is 14.3. The predicted octanol–water partition coefficient (Wildman–Crippen LogP) is 5.45. The van der Waals surface area contributed by atoms with E-state index in [1.165, 1.54) is 44.1 Å². The van der Waals surface area contributed by atoms with Crippen molar-refractivity contribution in [1.82, 2.24) is 0 Å². The third-order valence-electron chi connectivity index (χ3n) is 6.56. The van der Waals surface area contributed by atoms with Gasteiger partial charge in [-0.3, -0.25) is 0 Å². The summed E-state index contributed by atoms with van der Waals surface area (Å²) in [5, 5.41) is 0. The standard InChI is InChI=1S/C19H26BrN/c1-17-7-13-8-18(2,10-17)12-19(9-13,11-17)16(21)14-3-5-15(20)6-4-14/h3-6,13,16H,7-12,21H2,1-2H3. The van der Waals surface area contributed by atoms with Crippen molar-refractivity contribution in [3.8, 4) is 0 Å². The topological polar surface area (TPSA) is 26.0 Å². The first-order valence-electron chi connectivity index (χ1n) is 8.33. The Morgan fingerprint density at radius 1 is 1.00 bits per heavy atom. The Hall–Kier alpha value is -0.340. The molecular weight excluding hydrogens is 322 g/mol. The molecule has 2 N–H and O–H groups in total. The van der Waals surface area contributed by atoms with E-state index in [0.717, 1.165) is 10.4 Å². The van der Waals surface area contributed by atoms with E-state index >= 15 is 0 Å². The number of hydrogen-bond donors (Lipinski definition) is 1. The molecule has 4 bridgehead atoms. The van der Waals surface area contributed by atoms with Gasteiger partial charge in [-0.15, -0.1) is 0 Å². The summed E-state index contributed by atoms with van der Waals surface area (Å²) in [5.74, 6) is 0.915. The smallest absolute Gasteiger partial charge is 0.0352 e. The Morgan fingerprint density at radius 3 is 2.10 bits per heavy atom. The Bertz CT molecular complexity index is 545. The second-order valence-electron chi connectivity index (χ2n) is 9.02. The Kier molecular flexibility index (Phi) is 2.96. The van der Waals surface area contributed by atoms with E-state index < -0.39 is 0 Å². The molecule has 3 atom stereocenters. The molecule has 1 aromatic rings. The first-order valence-corrected chi connectivity index (χ1v) is 9.12. The van der Waals surface area contributed by atoms with E-state index in [2.05, 4.69) is 54.0 Å². The van der Waals surface area contributed by atoms with E-state index in [0.29, 0.717) is 16.2 Å². The molecular formula is C19H26BrN. The monoisotopic (exact) mass is 347 g/mol. The maximum atomic E-state index is 6.85. The minimum absolute atomic E-state index is 0.202. The average molecular weight is 348 g/mol. The van der Waals surface area contributed by atoms with Crippen molar-refractivity contribution in [3.63, 3.8) is 0 Å². The first-order chi connectivity index (χ1) is 9.82. The van der Waals surface area contributed by atoms with Gasteiger partial charge in [0.2, 0.25) is 0 Å². The van der Waals surface area contributed by atoms with Crippen LogP contribution in [0.15, 0.2) is 28.7 Å². The molecule has 0 heterocycles. The zero-order valence-corrected chi connectivity index (χ0v) is 14.7. The van der Waals surface area contributed by atoms with Crippen LogP contribution in [0.5, 0.6) is 0 Å². The number of nitrogens with two attached hydrogens (primary N) is 1. The fraction of sp³-hybridized carbons (Fsp3) is 0.684.